The van der Waals surface area contributed by atoms with Crippen molar-refractivity contribution in [2.75, 3.05) is 13.1 Å². The van der Waals surface area contributed by atoms with Crippen molar-refractivity contribution in [1.82, 2.24) is 10.6 Å². The molecule has 1 fully saturated rings. The molecule has 8 heteroatoms. The van der Waals surface area contributed by atoms with Crippen LogP contribution in [0.4, 0.5) is 13.2 Å². The SMILES string of the molecule is Cl.O=C(NC1CCNC1)c1ccc(OC(F)(F)F)cc1. The van der Waals surface area contributed by atoms with Crippen molar-refractivity contribution in [2.24, 2.45) is 0 Å². The van der Waals surface area contributed by atoms with Gasteiger partial charge in [-0.1, -0.05) is 0 Å². The summed E-state index contributed by atoms with van der Waals surface area (Å²) in [6, 6.07) is 4.92. The highest BCUT2D eigenvalue weighted by molar-refractivity contribution is 5.94. The maximum absolute atomic E-state index is 12.0. The Labute approximate surface area is 120 Å². The Morgan fingerprint density at radius 2 is 1.95 bits per heavy atom. The van der Waals surface area contributed by atoms with Gasteiger partial charge in [0.25, 0.3) is 5.91 Å². The second-order valence-electron chi connectivity index (χ2n) is 4.24. The van der Waals surface area contributed by atoms with Gasteiger partial charge in [-0.25, -0.2) is 0 Å². The Morgan fingerprint density at radius 1 is 1.30 bits per heavy atom. The van der Waals surface area contributed by atoms with Crippen LogP contribution in [-0.2, 0) is 0 Å². The van der Waals surface area contributed by atoms with E-state index in [9.17, 15) is 18.0 Å². The lowest BCUT2D eigenvalue weighted by Crippen LogP contribution is -2.36. The van der Waals surface area contributed by atoms with Crippen molar-refractivity contribution >= 4 is 18.3 Å². The molecule has 1 heterocycles. The highest BCUT2D eigenvalue weighted by Gasteiger charge is 2.31. The second-order valence-corrected chi connectivity index (χ2v) is 4.24. The molecule has 1 aliphatic rings. The normalized spacial score (nSPS) is 18.2. The lowest BCUT2D eigenvalue weighted by atomic mass is 10.2. The largest absolute Gasteiger partial charge is 0.573 e. The van der Waals surface area contributed by atoms with Crippen LogP contribution in [0.3, 0.4) is 0 Å². The monoisotopic (exact) mass is 310 g/mol. The van der Waals surface area contributed by atoms with Crippen LogP contribution in [0.1, 0.15) is 16.8 Å². The number of carbonyl (C=O) groups is 1. The molecule has 0 aliphatic carbocycles. The topological polar surface area (TPSA) is 50.4 Å². The van der Waals surface area contributed by atoms with Gasteiger partial charge in [-0.3, -0.25) is 4.79 Å². The van der Waals surface area contributed by atoms with Gasteiger partial charge in [-0.05, 0) is 37.2 Å². The Hall–Kier alpha value is -1.47. The number of rotatable bonds is 3. The van der Waals surface area contributed by atoms with Crippen LogP contribution in [0.15, 0.2) is 24.3 Å². The van der Waals surface area contributed by atoms with Crippen LogP contribution in [0.25, 0.3) is 0 Å². The third-order valence-corrected chi connectivity index (χ3v) is 2.75. The first-order chi connectivity index (χ1) is 8.94. The number of nitrogens with one attached hydrogen (secondary N) is 2. The molecule has 2 rings (SSSR count). The van der Waals surface area contributed by atoms with E-state index >= 15 is 0 Å². The Bertz CT molecular complexity index is 445. The van der Waals surface area contributed by atoms with E-state index in [2.05, 4.69) is 15.4 Å². The molecule has 0 radical (unpaired) electrons. The molecular weight excluding hydrogens is 297 g/mol. The van der Waals surface area contributed by atoms with Gasteiger partial charge < -0.3 is 15.4 Å². The highest BCUT2D eigenvalue weighted by atomic mass is 35.5. The van der Waals surface area contributed by atoms with Crippen molar-refractivity contribution in [3.8, 4) is 5.75 Å². The summed E-state index contributed by atoms with van der Waals surface area (Å²) in [5.74, 6) is -0.640. The van der Waals surface area contributed by atoms with Gasteiger partial charge in [0.2, 0.25) is 0 Å². The maximum atomic E-state index is 12.0. The van der Waals surface area contributed by atoms with Crippen LogP contribution in [-0.4, -0.2) is 31.4 Å². The molecule has 1 amide bonds. The number of halogens is 4. The minimum atomic E-state index is -4.72. The Morgan fingerprint density at radius 3 is 2.45 bits per heavy atom. The number of carbonyl (C=O) groups excluding carboxylic acids is 1. The lowest BCUT2D eigenvalue weighted by Gasteiger charge is -2.12. The third-order valence-electron chi connectivity index (χ3n) is 2.75. The lowest BCUT2D eigenvalue weighted by molar-refractivity contribution is -0.274. The molecule has 112 valence electrons. The van der Waals surface area contributed by atoms with E-state index < -0.39 is 6.36 Å². The van der Waals surface area contributed by atoms with Gasteiger partial charge >= 0.3 is 6.36 Å². The van der Waals surface area contributed by atoms with Gasteiger partial charge in [-0.15, -0.1) is 25.6 Å². The van der Waals surface area contributed by atoms with E-state index in [0.29, 0.717) is 12.1 Å². The van der Waals surface area contributed by atoms with E-state index in [4.69, 9.17) is 0 Å². The van der Waals surface area contributed by atoms with Gasteiger partial charge in [0, 0.05) is 18.2 Å². The number of alkyl halides is 3. The molecule has 0 aromatic heterocycles. The molecule has 1 unspecified atom stereocenters. The molecule has 1 aromatic carbocycles. The first kappa shape index (κ1) is 16.6. The summed E-state index contributed by atoms with van der Waals surface area (Å²) in [4.78, 5) is 11.8. The standard InChI is InChI=1S/C12H13F3N2O2.ClH/c13-12(14,15)19-10-3-1-8(2-4-10)11(18)17-9-5-6-16-7-9;/h1-4,9,16H,5-7H2,(H,17,18);1H. The molecule has 20 heavy (non-hydrogen) atoms. The van der Waals surface area contributed by atoms with Crippen molar-refractivity contribution in [1.29, 1.82) is 0 Å². The van der Waals surface area contributed by atoms with Gasteiger partial charge in [0.05, 0.1) is 0 Å². The summed E-state index contributed by atoms with van der Waals surface area (Å²) in [5.41, 5.74) is 0.307. The molecule has 4 nitrogen and oxygen atoms in total. The zero-order valence-corrected chi connectivity index (χ0v) is 11.2. The van der Waals surface area contributed by atoms with Crippen molar-refractivity contribution in [3.05, 3.63) is 29.8 Å². The molecule has 0 spiro atoms. The highest BCUT2D eigenvalue weighted by Crippen LogP contribution is 2.22. The van der Waals surface area contributed by atoms with Crippen molar-refractivity contribution < 1.29 is 22.7 Å². The minimum absolute atomic E-state index is 0. The van der Waals surface area contributed by atoms with Gasteiger partial charge in [0.15, 0.2) is 0 Å². The number of amides is 1. The number of hydrogen-bond acceptors (Lipinski definition) is 3. The van der Waals surface area contributed by atoms with Gasteiger partial charge in [0.1, 0.15) is 5.75 Å². The maximum Gasteiger partial charge on any atom is 0.573 e. The molecule has 0 bridgehead atoms. The third kappa shape index (κ3) is 4.90. The minimum Gasteiger partial charge on any atom is -0.406 e. The zero-order chi connectivity index (χ0) is 13.9. The molecule has 1 saturated heterocycles. The zero-order valence-electron chi connectivity index (χ0n) is 10.4. The van der Waals surface area contributed by atoms with E-state index in [-0.39, 0.29) is 30.1 Å². The fourth-order valence-electron chi connectivity index (χ4n) is 1.85. The summed E-state index contributed by atoms with van der Waals surface area (Å²) in [5, 5.41) is 5.90. The quantitative estimate of drug-likeness (QED) is 0.899. The first-order valence-corrected chi connectivity index (χ1v) is 5.81. The van der Waals surface area contributed by atoms with Crippen LogP contribution in [0.2, 0.25) is 0 Å². The van der Waals surface area contributed by atoms with Crippen molar-refractivity contribution in [3.63, 3.8) is 0 Å². The summed E-state index contributed by atoms with van der Waals surface area (Å²) >= 11 is 0. The summed E-state index contributed by atoms with van der Waals surface area (Å²) in [7, 11) is 0. The first-order valence-electron chi connectivity index (χ1n) is 5.81. The summed E-state index contributed by atoms with van der Waals surface area (Å²) in [6.07, 6.45) is -3.87. The smallest absolute Gasteiger partial charge is 0.406 e. The number of ether oxygens (including phenoxy) is 1. The average Bonchev–Trinajstić information content (AvgIpc) is 2.80. The fraction of sp³-hybridized carbons (Fsp3) is 0.417. The predicted molar refractivity (Wildman–Crippen MR) is 69.1 cm³/mol. The predicted octanol–water partition coefficient (Wildman–Crippen LogP) is 2.10. The van der Waals surface area contributed by atoms with E-state index in [1.807, 2.05) is 0 Å². The second kappa shape index (κ2) is 6.81. The molecule has 1 atom stereocenters. The number of hydrogen-bond donors (Lipinski definition) is 2. The van der Waals surface area contributed by atoms with E-state index in [0.717, 1.165) is 25.1 Å². The summed E-state index contributed by atoms with van der Waals surface area (Å²) < 4.78 is 39.6. The van der Waals surface area contributed by atoms with Crippen LogP contribution >= 0.6 is 12.4 Å². The Balaban J connectivity index is 0.00000200. The average molecular weight is 311 g/mol. The molecule has 1 aromatic rings. The number of benzene rings is 1. The van der Waals surface area contributed by atoms with E-state index in [1.165, 1.54) is 12.1 Å². The Kier molecular flexibility index (Phi) is 5.64. The van der Waals surface area contributed by atoms with Crippen LogP contribution in [0.5, 0.6) is 5.75 Å². The van der Waals surface area contributed by atoms with Crippen LogP contribution < -0.4 is 15.4 Å². The molecular formula is C12H14ClF3N2O2. The van der Waals surface area contributed by atoms with Crippen molar-refractivity contribution in [2.45, 2.75) is 18.8 Å². The summed E-state index contributed by atoms with van der Waals surface area (Å²) in [6.45, 7) is 1.56. The van der Waals surface area contributed by atoms with Crippen LogP contribution in [0, 0.1) is 0 Å². The van der Waals surface area contributed by atoms with Gasteiger partial charge in [-0.2, -0.15) is 0 Å². The molecule has 0 saturated carbocycles. The molecule has 1 aliphatic heterocycles. The fourth-order valence-corrected chi connectivity index (χ4v) is 1.85. The van der Waals surface area contributed by atoms with E-state index in [1.54, 1.807) is 0 Å². The molecule has 2 N–H and O–H groups in total.